The number of H-pyrrole nitrogens is 1. The highest BCUT2D eigenvalue weighted by molar-refractivity contribution is 8.00. The van der Waals surface area contributed by atoms with Crippen LogP contribution in [0.1, 0.15) is 38.2 Å². The summed E-state index contributed by atoms with van der Waals surface area (Å²) in [6.45, 7) is 4.16. The Bertz CT molecular complexity index is 1440. The third-order valence-corrected chi connectivity index (χ3v) is 6.65. The zero-order valence-electron chi connectivity index (χ0n) is 18.8. The fraction of sp³-hybridized carbons (Fsp3) is 0.148. The number of Topliss-reactive ketones (excluding diaryl/α,β-unsaturated/α-hetero) is 1. The standard InChI is InChI=1S/C27H23N3O3S/c1-17-12-13-18(2)23(14-17)32-16-24-29-30-27(33-24)34-26(19-8-4-3-5-9-19)25(31)21-15-28-22-11-7-6-10-20(21)22/h3-15,26,28H,16H2,1-2H3. The van der Waals surface area contributed by atoms with Crippen LogP contribution in [0.3, 0.4) is 0 Å². The number of ketones is 1. The molecule has 170 valence electrons. The lowest BCUT2D eigenvalue weighted by atomic mass is 10.0. The summed E-state index contributed by atoms with van der Waals surface area (Å²) in [5.74, 6) is 1.11. The van der Waals surface area contributed by atoms with Gasteiger partial charge in [-0.15, -0.1) is 10.2 Å². The van der Waals surface area contributed by atoms with E-state index >= 15 is 0 Å². The van der Waals surface area contributed by atoms with E-state index in [1.54, 1.807) is 6.20 Å². The molecule has 0 spiro atoms. The van der Waals surface area contributed by atoms with Crippen LogP contribution in [0, 0.1) is 13.8 Å². The molecule has 7 heteroatoms. The molecule has 0 aliphatic rings. The Labute approximate surface area is 201 Å². The zero-order chi connectivity index (χ0) is 23.5. The van der Waals surface area contributed by atoms with Crippen LogP contribution in [-0.2, 0) is 6.61 Å². The minimum Gasteiger partial charge on any atom is -0.484 e. The van der Waals surface area contributed by atoms with E-state index in [1.165, 1.54) is 11.8 Å². The number of aromatic amines is 1. The molecular weight excluding hydrogens is 446 g/mol. The third kappa shape index (κ3) is 4.61. The monoisotopic (exact) mass is 469 g/mol. The summed E-state index contributed by atoms with van der Waals surface area (Å²) in [5.41, 5.74) is 4.58. The number of aryl methyl sites for hydroxylation is 2. The maximum Gasteiger partial charge on any atom is 0.277 e. The number of thioether (sulfide) groups is 1. The van der Waals surface area contributed by atoms with Gasteiger partial charge < -0.3 is 14.1 Å². The molecule has 0 radical (unpaired) electrons. The van der Waals surface area contributed by atoms with E-state index < -0.39 is 5.25 Å². The van der Waals surface area contributed by atoms with Gasteiger partial charge in [-0.1, -0.05) is 60.7 Å². The van der Waals surface area contributed by atoms with Gasteiger partial charge in [-0.25, -0.2) is 0 Å². The number of para-hydroxylation sites is 1. The number of hydrogen-bond donors (Lipinski definition) is 1. The second-order valence-corrected chi connectivity index (χ2v) is 9.10. The largest absolute Gasteiger partial charge is 0.484 e. The Morgan fingerprint density at radius 1 is 1.03 bits per heavy atom. The second kappa shape index (κ2) is 9.57. The highest BCUT2D eigenvalue weighted by atomic mass is 32.2. The van der Waals surface area contributed by atoms with Crippen molar-refractivity contribution < 1.29 is 13.9 Å². The van der Waals surface area contributed by atoms with Crippen molar-refractivity contribution in [3.05, 3.63) is 107 Å². The molecule has 5 aromatic rings. The maximum absolute atomic E-state index is 13.7. The summed E-state index contributed by atoms with van der Waals surface area (Å²) in [7, 11) is 0. The molecule has 0 bridgehead atoms. The smallest absolute Gasteiger partial charge is 0.277 e. The topological polar surface area (TPSA) is 81.0 Å². The molecule has 0 fully saturated rings. The molecule has 5 rings (SSSR count). The minimum absolute atomic E-state index is 0.0277. The molecule has 2 aromatic heterocycles. The molecule has 34 heavy (non-hydrogen) atoms. The van der Waals surface area contributed by atoms with Gasteiger partial charge in [0.1, 0.15) is 11.0 Å². The van der Waals surface area contributed by atoms with Gasteiger partial charge in [-0.05, 0) is 54.4 Å². The first-order valence-electron chi connectivity index (χ1n) is 10.9. The van der Waals surface area contributed by atoms with E-state index in [0.29, 0.717) is 16.7 Å². The van der Waals surface area contributed by atoms with Gasteiger partial charge in [-0.3, -0.25) is 4.79 Å². The molecule has 6 nitrogen and oxygen atoms in total. The minimum atomic E-state index is -0.534. The number of aromatic nitrogens is 3. The fourth-order valence-electron chi connectivity index (χ4n) is 3.76. The number of carbonyl (C=O) groups is 1. The first kappa shape index (κ1) is 22.0. The number of nitrogens with zero attached hydrogens (tertiary/aromatic N) is 2. The molecule has 0 amide bonds. The van der Waals surface area contributed by atoms with Crippen molar-refractivity contribution in [1.29, 1.82) is 0 Å². The van der Waals surface area contributed by atoms with Crippen LogP contribution in [0.25, 0.3) is 10.9 Å². The first-order valence-corrected chi connectivity index (χ1v) is 11.8. The van der Waals surface area contributed by atoms with E-state index in [-0.39, 0.29) is 12.4 Å². The molecular formula is C27H23N3O3S. The van der Waals surface area contributed by atoms with Crippen LogP contribution in [0.4, 0.5) is 0 Å². The number of carbonyl (C=O) groups excluding carboxylic acids is 1. The third-order valence-electron chi connectivity index (χ3n) is 5.56. The Balaban J connectivity index is 1.38. The Hall–Kier alpha value is -3.84. The first-order chi connectivity index (χ1) is 16.6. The van der Waals surface area contributed by atoms with E-state index in [0.717, 1.165) is 33.3 Å². The van der Waals surface area contributed by atoms with Crippen molar-refractivity contribution in [3.63, 3.8) is 0 Å². The normalized spacial score (nSPS) is 12.1. The van der Waals surface area contributed by atoms with E-state index in [9.17, 15) is 4.79 Å². The van der Waals surface area contributed by atoms with Gasteiger partial charge in [0.2, 0.25) is 0 Å². The Morgan fingerprint density at radius 3 is 2.68 bits per heavy atom. The van der Waals surface area contributed by atoms with E-state index in [2.05, 4.69) is 15.2 Å². The Kier molecular flexibility index (Phi) is 6.18. The predicted molar refractivity (Wildman–Crippen MR) is 132 cm³/mol. The SMILES string of the molecule is Cc1ccc(C)c(OCc2nnc(SC(C(=O)c3c[nH]c4ccccc34)c3ccccc3)o2)c1. The number of ether oxygens (including phenoxy) is 1. The zero-order valence-corrected chi connectivity index (χ0v) is 19.6. The summed E-state index contributed by atoms with van der Waals surface area (Å²) in [5, 5.41) is 8.97. The van der Waals surface area contributed by atoms with Crippen LogP contribution in [-0.4, -0.2) is 21.0 Å². The van der Waals surface area contributed by atoms with Crippen LogP contribution in [0.15, 0.2) is 88.6 Å². The van der Waals surface area contributed by atoms with Gasteiger partial charge in [0.25, 0.3) is 11.1 Å². The lowest BCUT2D eigenvalue weighted by molar-refractivity contribution is 0.0990. The van der Waals surface area contributed by atoms with Crippen molar-refractivity contribution in [2.45, 2.75) is 30.9 Å². The lowest BCUT2D eigenvalue weighted by Crippen LogP contribution is -2.09. The number of fused-ring (bicyclic) bond motifs is 1. The average Bonchev–Trinajstić information content (AvgIpc) is 3.50. The molecule has 1 atom stereocenters. The summed E-state index contributed by atoms with van der Waals surface area (Å²) in [6.07, 6.45) is 1.76. The van der Waals surface area contributed by atoms with E-state index in [4.69, 9.17) is 9.15 Å². The molecule has 3 aromatic carbocycles. The van der Waals surface area contributed by atoms with Crippen LogP contribution in [0.5, 0.6) is 5.75 Å². The number of rotatable bonds is 8. The molecule has 1 N–H and O–H groups in total. The van der Waals surface area contributed by atoms with Gasteiger partial charge in [0, 0.05) is 22.7 Å². The highest BCUT2D eigenvalue weighted by Gasteiger charge is 2.27. The number of nitrogens with one attached hydrogen (secondary N) is 1. The molecule has 0 aliphatic heterocycles. The van der Waals surface area contributed by atoms with Crippen LogP contribution in [0.2, 0.25) is 0 Å². The predicted octanol–water partition coefficient (Wildman–Crippen LogP) is 6.46. The quantitative estimate of drug-likeness (QED) is 0.207. The summed E-state index contributed by atoms with van der Waals surface area (Å²) < 4.78 is 11.7. The molecule has 0 saturated heterocycles. The number of benzene rings is 3. The summed E-state index contributed by atoms with van der Waals surface area (Å²) in [6, 6.07) is 23.4. The van der Waals surface area contributed by atoms with Gasteiger partial charge in [0.15, 0.2) is 12.4 Å². The molecule has 0 saturated carbocycles. The molecule has 1 unspecified atom stereocenters. The van der Waals surface area contributed by atoms with E-state index in [1.807, 2.05) is 86.6 Å². The van der Waals surface area contributed by atoms with Crippen molar-refractivity contribution in [3.8, 4) is 5.75 Å². The van der Waals surface area contributed by atoms with Crippen LogP contribution < -0.4 is 4.74 Å². The molecule has 2 heterocycles. The maximum atomic E-state index is 13.7. The molecule has 0 aliphatic carbocycles. The van der Waals surface area contributed by atoms with Crippen LogP contribution >= 0.6 is 11.8 Å². The van der Waals surface area contributed by atoms with Crippen molar-refractivity contribution in [2.75, 3.05) is 0 Å². The average molecular weight is 470 g/mol. The lowest BCUT2D eigenvalue weighted by Gasteiger charge is -2.13. The van der Waals surface area contributed by atoms with Crippen molar-refractivity contribution in [2.24, 2.45) is 0 Å². The highest BCUT2D eigenvalue weighted by Crippen LogP contribution is 2.38. The van der Waals surface area contributed by atoms with Gasteiger partial charge >= 0.3 is 0 Å². The summed E-state index contributed by atoms with van der Waals surface area (Å²) >= 11 is 1.25. The summed E-state index contributed by atoms with van der Waals surface area (Å²) in [4.78, 5) is 16.8. The second-order valence-electron chi connectivity index (χ2n) is 8.04. The Morgan fingerprint density at radius 2 is 1.82 bits per heavy atom. The van der Waals surface area contributed by atoms with Gasteiger partial charge in [0.05, 0.1) is 0 Å². The van der Waals surface area contributed by atoms with Crippen molar-refractivity contribution in [1.82, 2.24) is 15.2 Å². The van der Waals surface area contributed by atoms with Crippen molar-refractivity contribution >= 4 is 28.4 Å². The fourth-order valence-corrected chi connectivity index (χ4v) is 4.73. The number of hydrogen-bond acceptors (Lipinski definition) is 6. The van der Waals surface area contributed by atoms with Gasteiger partial charge in [-0.2, -0.15) is 0 Å².